The van der Waals surface area contributed by atoms with Gasteiger partial charge in [0.05, 0.1) is 16.6 Å². The summed E-state index contributed by atoms with van der Waals surface area (Å²) in [7, 11) is 0. The molecule has 1 aromatic heterocycles. The molecule has 3 rings (SSSR count). The van der Waals surface area contributed by atoms with Crippen LogP contribution < -0.4 is 4.80 Å². The maximum atomic E-state index is 14.2. The summed E-state index contributed by atoms with van der Waals surface area (Å²) in [6, 6.07) is 12.9. The Balaban J connectivity index is 1.96. The highest BCUT2D eigenvalue weighted by atomic mass is 32.1. The van der Waals surface area contributed by atoms with Crippen molar-refractivity contribution >= 4 is 27.5 Å². The molecule has 1 heterocycles. The first-order valence-electron chi connectivity index (χ1n) is 8.16. The highest BCUT2D eigenvalue weighted by Crippen LogP contribution is 2.20. The fourth-order valence-corrected chi connectivity index (χ4v) is 3.76. The second kappa shape index (κ2) is 7.57. The van der Waals surface area contributed by atoms with Gasteiger partial charge >= 0.3 is 0 Å². The van der Waals surface area contributed by atoms with Crippen molar-refractivity contribution in [3.8, 4) is 0 Å². The predicted octanol–water partition coefficient (Wildman–Crippen LogP) is 4.26. The van der Waals surface area contributed by atoms with Crippen LogP contribution in [0.5, 0.6) is 0 Å². The Morgan fingerprint density at radius 1 is 1.24 bits per heavy atom. The Bertz CT molecular complexity index is 983. The van der Waals surface area contributed by atoms with Crippen LogP contribution in [0.3, 0.4) is 0 Å². The van der Waals surface area contributed by atoms with Crippen molar-refractivity contribution in [2.24, 2.45) is 4.99 Å². The summed E-state index contributed by atoms with van der Waals surface area (Å²) in [6.07, 6.45) is 2.87. The van der Waals surface area contributed by atoms with E-state index in [1.165, 1.54) is 23.0 Å². The number of thiazole rings is 1. The van der Waals surface area contributed by atoms with Gasteiger partial charge in [-0.15, -0.1) is 6.58 Å². The van der Waals surface area contributed by atoms with E-state index in [4.69, 9.17) is 0 Å². The van der Waals surface area contributed by atoms with Crippen LogP contribution in [0.4, 0.5) is 4.39 Å². The van der Waals surface area contributed by atoms with E-state index in [-0.39, 0.29) is 18.1 Å². The number of para-hydroxylation sites is 1. The van der Waals surface area contributed by atoms with Crippen LogP contribution in [-0.2, 0) is 24.2 Å². The SMILES string of the molecule is C=CCn1c(=NC(=O)Cc2ccc(CC)cc2)sc2cccc(F)c21. The minimum Gasteiger partial charge on any atom is -0.310 e. The number of nitrogens with zero attached hydrogens (tertiary/aromatic N) is 2. The molecule has 0 fully saturated rings. The van der Waals surface area contributed by atoms with Crippen molar-refractivity contribution in [3.05, 3.63) is 76.9 Å². The number of hydrogen-bond acceptors (Lipinski definition) is 2. The summed E-state index contributed by atoms with van der Waals surface area (Å²) in [5, 5.41) is 0. The molecular formula is C20H19FN2OS. The lowest BCUT2D eigenvalue weighted by atomic mass is 10.1. The number of carbonyl (C=O) groups excluding carboxylic acids is 1. The maximum absolute atomic E-state index is 14.2. The second-order valence-corrected chi connectivity index (χ2v) is 6.73. The Labute approximate surface area is 149 Å². The highest BCUT2D eigenvalue weighted by Gasteiger charge is 2.11. The standard InChI is InChI=1S/C20H19FN2OS/c1-3-12-23-19-16(21)6-5-7-17(19)25-20(23)22-18(24)13-15-10-8-14(4-2)9-11-15/h3,5-11H,1,4,12-13H2,2H3. The summed E-state index contributed by atoms with van der Waals surface area (Å²) in [5.41, 5.74) is 2.62. The number of rotatable bonds is 5. The lowest BCUT2D eigenvalue weighted by molar-refractivity contribution is -0.117. The molecule has 0 aliphatic heterocycles. The first-order valence-corrected chi connectivity index (χ1v) is 8.98. The van der Waals surface area contributed by atoms with E-state index in [0.29, 0.717) is 16.9 Å². The number of aryl methyl sites for hydroxylation is 1. The maximum Gasteiger partial charge on any atom is 0.252 e. The molecule has 0 unspecified atom stereocenters. The number of hydrogen-bond donors (Lipinski definition) is 0. The number of amides is 1. The zero-order chi connectivity index (χ0) is 17.8. The van der Waals surface area contributed by atoms with Crippen molar-refractivity contribution in [1.82, 2.24) is 4.57 Å². The molecule has 5 heteroatoms. The average molecular weight is 354 g/mol. The Morgan fingerprint density at radius 3 is 2.64 bits per heavy atom. The van der Waals surface area contributed by atoms with Crippen molar-refractivity contribution < 1.29 is 9.18 Å². The van der Waals surface area contributed by atoms with Crippen LogP contribution in [-0.4, -0.2) is 10.5 Å². The lowest BCUT2D eigenvalue weighted by Gasteiger charge is -2.02. The van der Waals surface area contributed by atoms with Gasteiger partial charge in [-0.25, -0.2) is 4.39 Å². The Morgan fingerprint density at radius 2 is 1.96 bits per heavy atom. The van der Waals surface area contributed by atoms with Gasteiger partial charge < -0.3 is 4.57 Å². The smallest absolute Gasteiger partial charge is 0.252 e. The minimum absolute atomic E-state index is 0.231. The average Bonchev–Trinajstić information content (AvgIpc) is 2.94. The van der Waals surface area contributed by atoms with Gasteiger partial charge in [0, 0.05) is 6.54 Å². The molecule has 2 aromatic carbocycles. The number of benzene rings is 2. The van der Waals surface area contributed by atoms with Gasteiger partial charge in [0.15, 0.2) is 4.80 Å². The molecule has 1 amide bonds. The molecule has 3 nitrogen and oxygen atoms in total. The zero-order valence-electron chi connectivity index (χ0n) is 14.0. The van der Waals surface area contributed by atoms with Crippen molar-refractivity contribution in [2.75, 3.05) is 0 Å². The van der Waals surface area contributed by atoms with E-state index in [1.54, 1.807) is 16.7 Å². The van der Waals surface area contributed by atoms with E-state index in [0.717, 1.165) is 16.7 Å². The van der Waals surface area contributed by atoms with Gasteiger partial charge in [0.2, 0.25) is 0 Å². The molecule has 0 radical (unpaired) electrons. The van der Waals surface area contributed by atoms with Gasteiger partial charge in [-0.3, -0.25) is 4.79 Å². The van der Waals surface area contributed by atoms with Crippen LogP contribution in [0, 0.1) is 5.82 Å². The third kappa shape index (κ3) is 3.77. The number of carbonyl (C=O) groups is 1. The minimum atomic E-state index is -0.320. The third-order valence-corrected chi connectivity index (χ3v) is 5.01. The highest BCUT2D eigenvalue weighted by molar-refractivity contribution is 7.16. The van der Waals surface area contributed by atoms with Crippen molar-refractivity contribution in [3.63, 3.8) is 0 Å². The fraction of sp³-hybridized carbons (Fsp3) is 0.200. The van der Waals surface area contributed by atoms with E-state index < -0.39 is 0 Å². The zero-order valence-corrected chi connectivity index (χ0v) is 14.9. The monoisotopic (exact) mass is 354 g/mol. The van der Waals surface area contributed by atoms with Gasteiger partial charge in [-0.1, -0.05) is 54.7 Å². The van der Waals surface area contributed by atoms with E-state index in [1.807, 2.05) is 30.3 Å². The summed E-state index contributed by atoms with van der Waals surface area (Å²) in [6.45, 7) is 6.20. The molecular weight excluding hydrogens is 335 g/mol. The van der Waals surface area contributed by atoms with Gasteiger partial charge in [-0.2, -0.15) is 4.99 Å². The summed E-state index contributed by atoms with van der Waals surface area (Å²) >= 11 is 1.31. The lowest BCUT2D eigenvalue weighted by Crippen LogP contribution is -2.17. The number of halogens is 1. The number of aromatic nitrogens is 1. The van der Waals surface area contributed by atoms with Gasteiger partial charge in [-0.05, 0) is 29.7 Å². The first kappa shape index (κ1) is 17.3. The Hall–Kier alpha value is -2.53. The molecule has 0 aliphatic carbocycles. The molecule has 0 saturated carbocycles. The van der Waals surface area contributed by atoms with Gasteiger partial charge in [0.1, 0.15) is 5.82 Å². The first-order chi connectivity index (χ1) is 12.1. The van der Waals surface area contributed by atoms with Crippen LogP contribution in [0.2, 0.25) is 0 Å². The quantitative estimate of drug-likeness (QED) is 0.631. The molecule has 0 saturated heterocycles. The molecule has 0 spiro atoms. The number of allylic oxidation sites excluding steroid dienone is 1. The normalized spacial score (nSPS) is 11.8. The van der Waals surface area contributed by atoms with Gasteiger partial charge in [0.25, 0.3) is 5.91 Å². The van der Waals surface area contributed by atoms with E-state index >= 15 is 0 Å². The Kier molecular flexibility index (Phi) is 5.24. The van der Waals surface area contributed by atoms with Crippen LogP contribution in [0.25, 0.3) is 10.2 Å². The number of fused-ring (bicyclic) bond motifs is 1. The largest absolute Gasteiger partial charge is 0.310 e. The summed E-state index contributed by atoms with van der Waals surface area (Å²) in [5.74, 6) is -0.561. The van der Waals surface area contributed by atoms with Crippen LogP contribution >= 0.6 is 11.3 Å². The molecule has 0 atom stereocenters. The van der Waals surface area contributed by atoms with E-state index in [9.17, 15) is 9.18 Å². The summed E-state index contributed by atoms with van der Waals surface area (Å²) in [4.78, 5) is 17.1. The van der Waals surface area contributed by atoms with E-state index in [2.05, 4.69) is 18.5 Å². The summed E-state index contributed by atoms with van der Waals surface area (Å²) < 4.78 is 16.6. The molecule has 3 aromatic rings. The van der Waals surface area contributed by atoms with Crippen LogP contribution in [0.15, 0.2) is 60.1 Å². The molecule has 25 heavy (non-hydrogen) atoms. The van der Waals surface area contributed by atoms with Crippen molar-refractivity contribution in [1.29, 1.82) is 0 Å². The topological polar surface area (TPSA) is 34.4 Å². The second-order valence-electron chi connectivity index (χ2n) is 5.72. The molecule has 0 aliphatic rings. The van der Waals surface area contributed by atoms with Crippen molar-refractivity contribution in [2.45, 2.75) is 26.3 Å². The third-order valence-electron chi connectivity index (χ3n) is 3.97. The molecule has 0 N–H and O–H groups in total. The predicted molar refractivity (Wildman–Crippen MR) is 100 cm³/mol. The van der Waals surface area contributed by atoms with Crippen LogP contribution in [0.1, 0.15) is 18.1 Å². The molecule has 0 bridgehead atoms. The fourth-order valence-electron chi connectivity index (χ4n) is 2.68. The molecule has 128 valence electrons.